The molecular formula is C24H29F3N4O5S. The zero-order valence-corrected chi connectivity index (χ0v) is 21.3. The number of sulfonamides is 1. The van der Waals surface area contributed by atoms with E-state index in [1.165, 1.54) is 26.2 Å². The lowest BCUT2D eigenvalue weighted by Crippen LogP contribution is -2.44. The molecule has 1 aliphatic carbocycles. The smallest absolute Gasteiger partial charge is 0.273 e. The zero-order chi connectivity index (χ0) is 27.3. The van der Waals surface area contributed by atoms with Crippen LogP contribution >= 0.6 is 0 Å². The maximum absolute atomic E-state index is 13.6. The van der Waals surface area contributed by atoms with Crippen molar-refractivity contribution in [2.45, 2.75) is 49.8 Å². The molecule has 0 spiro atoms. The number of aliphatic hydroxyl groups is 2. The van der Waals surface area contributed by atoms with Crippen LogP contribution in [0.3, 0.4) is 0 Å². The van der Waals surface area contributed by atoms with E-state index in [9.17, 15) is 36.6 Å². The number of hydrogen-bond acceptors (Lipinski definition) is 5. The van der Waals surface area contributed by atoms with Crippen LogP contribution in [0.5, 0.6) is 0 Å². The molecule has 0 bridgehead atoms. The molecule has 1 saturated carbocycles. The summed E-state index contributed by atoms with van der Waals surface area (Å²) in [6.45, 7) is 2.93. The number of hydrogen-bond donors (Lipinski definition) is 5. The van der Waals surface area contributed by atoms with Crippen LogP contribution in [0.2, 0.25) is 0 Å². The molecule has 3 aromatic rings. The quantitative estimate of drug-likeness (QED) is 0.279. The predicted molar refractivity (Wildman–Crippen MR) is 130 cm³/mol. The van der Waals surface area contributed by atoms with Crippen LogP contribution in [-0.4, -0.2) is 52.3 Å². The average molecular weight is 543 g/mol. The molecule has 37 heavy (non-hydrogen) atoms. The van der Waals surface area contributed by atoms with Gasteiger partial charge in [-0.1, -0.05) is 6.92 Å². The van der Waals surface area contributed by atoms with Crippen molar-refractivity contribution >= 4 is 32.5 Å². The summed E-state index contributed by atoms with van der Waals surface area (Å²) in [5.41, 5.74) is -1.64. The van der Waals surface area contributed by atoms with Gasteiger partial charge in [-0.25, -0.2) is 26.3 Å². The monoisotopic (exact) mass is 542 g/mol. The van der Waals surface area contributed by atoms with Crippen molar-refractivity contribution in [1.82, 2.24) is 14.3 Å². The van der Waals surface area contributed by atoms with Crippen molar-refractivity contribution in [1.29, 1.82) is 0 Å². The van der Waals surface area contributed by atoms with Crippen LogP contribution in [0.1, 0.15) is 43.6 Å². The molecule has 0 saturated heterocycles. The number of aliphatic hydroxyl groups excluding tert-OH is 1. The molecule has 1 aliphatic rings. The number of aromatic nitrogens is 2. The van der Waals surface area contributed by atoms with Crippen molar-refractivity contribution in [3.05, 3.63) is 47.5 Å². The number of halogens is 3. The molecule has 1 fully saturated rings. The van der Waals surface area contributed by atoms with Crippen molar-refractivity contribution in [3.8, 4) is 0 Å². The second-order valence-electron chi connectivity index (χ2n) is 10.0. The van der Waals surface area contributed by atoms with E-state index in [-0.39, 0.29) is 45.6 Å². The predicted octanol–water partition coefficient (Wildman–Crippen LogP) is 3.00. The second kappa shape index (κ2) is 9.78. The molecule has 1 aromatic carbocycles. The Labute approximate surface area is 211 Å². The zero-order valence-electron chi connectivity index (χ0n) is 20.5. The Morgan fingerprint density at radius 1 is 1.24 bits per heavy atom. The van der Waals surface area contributed by atoms with Crippen LogP contribution in [0.25, 0.3) is 10.9 Å². The maximum Gasteiger partial charge on any atom is 0.273 e. The van der Waals surface area contributed by atoms with Gasteiger partial charge in [0, 0.05) is 42.5 Å². The minimum Gasteiger partial charge on any atom is -0.393 e. The van der Waals surface area contributed by atoms with Gasteiger partial charge in [-0.3, -0.25) is 4.79 Å². The van der Waals surface area contributed by atoms with E-state index in [0.717, 1.165) is 11.0 Å². The summed E-state index contributed by atoms with van der Waals surface area (Å²) in [7, 11) is -2.85. The molecule has 4 atom stereocenters. The van der Waals surface area contributed by atoms with Gasteiger partial charge in [-0.2, -0.15) is 0 Å². The van der Waals surface area contributed by atoms with Crippen molar-refractivity contribution in [3.63, 3.8) is 0 Å². The largest absolute Gasteiger partial charge is 0.393 e. The Bertz CT molecular complexity index is 1430. The molecule has 13 heteroatoms. The van der Waals surface area contributed by atoms with Gasteiger partial charge in [0.25, 0.3) is 15.9 Å². The highest BCUT2D eigenvalue weighted by Gasteiger charge is 2.41. The average Bonchev–Trinajstić information content (AvgIpc) is 3.46. The summed E-state index contributed by atoms with van der Waals surface area (Å²) in [6, 6.07) is 2.21. The third kappa shape index (κ3) is 5.13. The number of rotatable bonds is 8. The summed E-state index contributed by atoms with van der Waals surface area (Å²) < 4.78 is 71.7. The molecule has 5 N–H and O–H groups in total. The van der Waals surface area contributed by atoms with Gasteiger partial charge in [0.2, 0.25) is 0 Å². The number of fused-ring (bicyclic) bond motifs is 1. The number of aromatic amines is 1. The minimum atomic E-state index is -4.22. The number of carbonyl (C=O) groups excluding carboxylic acids is 1. The SMILES string of the molecule is CC1CCC(CC(C)(O)CO)C1NS(=O)(=O)c1c2[nH]ccc2c(C(=O)Nc2cc(F)c(F)c(F)c2)n1C. The fourth-order valence-electron chi connectivity index (χ4n) is 5.21. The van der Waals surface area contributed by atoms with E-state index in [1.807, 2.05) is 6.92 Å². The number of nitrogens with one attached hydrogen (secondary N) is 3. The molecule has 9 nitrogen and oxygen atoms in total. The first-order valence-electron chi connectivity index (χ1n) is 11.7. The van der Waals surface area contributed by atoms with E-state index < -0.39 is 51.6 Å². The summed E-state index contributed by atoms with van der Waals surface area (Å²) in [5, 5.41) is 22.1. The molecule has 0 radical (unpaired) electrons. The highest BCUT2D eigenvalue weighted by molar-refractivity contribution is 7.89. The number of anilines is 1. The Morgan fingerprint density at radius 3 is 2.51 bits per heavy atom. The third-order valence-electron chi connectivity index (χ3n) is 7.01. The molecular weight excluding hydrogens is 513 g/mol. The fourth-order valence-corrected chi connectivity index (χ4v) is 6.99. The number of carbonyl (C=O) groups is 1. The first-order chi connectivity index (χ1) is 17.3. The minimum absolute atomic E-state index is 0.0419. The normalized spacial score (nSPS) is 21.9. The molecule has 4 rings (SSSR count). The van der Waals surface area contributed by atoms with E-state index in [2.05, 4.69) is 15.0 Å². The summed E-state index contributed by atoms with van der Waals surface area (Å²) >= 11 is 0. The lowest BCUT2D eigenvalue weighted by Gasteiger charge is -2.30. The second-order valence-corrected chi connectivity index (χ2v) is 11.6. The molecule has 1 amide bonds. The number of benzene rings is 1. The van der Waals surface area contributed by atoms with Crippen LogP contribution < -0.4 is 10.0 Å². The molecule has 4 unspecified atom stereocenters. The van der Waals surface area contributed by atoms with E-state index in [4.69, 9.17) is 0 Å². The maximum atomic E-state index is 13.6. The molecule has 2 heterocycles. The van der Waals surface area contributed by atoms with Gasteiger partial charge in [-0.05, 0) is 44.1 Å². The number of nitrogens with zero attached hydrogens (tertiary/aromatic N) is 1. The Morgan fingerprint density at radius 2 is 1.89 bits per heavy atom. The summed E-state index contributed by atoms with van der Waals surface area (Å²) in [5.74, 6) is -5.77. The van der Waals surface area contributed by atoms with Gasteiger partial charge in [0.15, 0.2) is 22.5 Å². The van der Waals surface area contributed by atoms with Gasteiger partial charge < -0.3 is 25.1 Å². The van der Waals surface area contributed by atoms with E-state index in [0.29, 0.717) is 18.6 Å². The first kappa shape index (κ1) is 27.2. The highest BCUT2D eigenvalue weighted by atomic mass is 32.2. The Kier molecular flexibility index (Phi) is 7.18. The molecule has 2 aromatic heterocycles. The number of H-pyrrole nitrogens is 1. The van der Waals surface area contributed by atoms with Crippen LogP contribution in [0.4, 0.5) is 18.9 Å². The third-order valence-corrected chi connectivity index (χ3v) is 8.58. The van der Waals surface area contributed by atoms with E-state index in [1.54, 1.807) is 0 Å². The fraction of sp³-hybridized carbons (Fsp3) is 0.458. The summed E-state index contributed by atoms with van der Waals surface area (Å²) in [4.78, 5) is 15.9. The van der Waals surface area contributed by atoms with Gasteiger partial charge in [-0.15, -0.1) is 0 Å². The van der Waals surface area contributed by atoms with Crippen molar-refractivity contribution in [2.75, 3.05) is 11.9 Å². The van der Waals surface area contributed by atoms with Crippen molar-refractivity contribution < 1.29 is 36.6 Å². The van der Waals surface area contributed by atoms with Gasteiger partial charge >= 0.3 is 0 Å². The van der Waals surface area contributed by atoms with Gasteiger partial charge in [0.1, 0.15) is 5.69 Å². The number of amides is 1. The van der Waals surface area contributed by atoms with Gasteiger partial charge in [0.05, 0.1) is 17.7 Å². The van der Waals surface area contributed by atoms with Crippen LogP contribution in [0.15, 0.2) is 29.4 Å². The molecule has 0 aliphatic heterocycles. The lowest BCUT2D eigenvalue weighted by atomic mass is 9.88. The van der Waals surface area contributed by atoms with Crippen LogP contribution in [-0.2, 0) is 17.1 Å². The molecule has 202 valence electrons. The Hall–Kier alpha value is -2.87. The first-order valence-corrected chi connectivity index (χ1v) is 13.2. The highest BCUT2D eigenvalue weighted by Crippen LogP contribution is 2.38. The van der Waals surface area contributed by atoms with E-state index >= 15 is 0 Å². The van der Waals surface area contributed by atoms with Crippen LogP contribution in [0, 0.1) is 29.3 Å². The summed E-state index contributed by atoms with van der Waals surface area (Å²) in [6.07, 6.45) is 3.04. The standard InChI is InChI=1S/C24H29F3N4O5S/c1-12-4-5-13(10-24(2,34)11-32)19(12)30-37(35,36)23-20-15(6-7-28-20)21(31(23)3)22(33)29-14-8-16(25)18(27)17(26)9-14/h6-9,12-13,19,28,30,32,34H,4-5,10-11H2,1-3H3,(H,29,33). The lowest BCUT2D eigenvalue weighted by molar-refractivity contribution is -0.0194. The van der Waals surface area contributed by atoms with Crippen molar-refractivity contribution in [2.24, 2.45) is 18.9 Å². The topological polar surface area (TPSA) is 136 Å². The Balaban J connectivity index is 1.68.